The highest BCUT2D eigenvalue weighted by Crippen LogP contribution is 2.26. The van der Waals surface area contributed by atoms with E-state index in [1.807, 2.05) is 0 Å². The third-order valence-electron chi connectivity index (χ3n) is 2.23. The van der Waals surface area contributed by atoms with Gasteiger partial charge in [-0.25, -0.2) is 0 Å². The zero-order valence-corrected chi connectivity index (χ0v) is 6.88. The largest absolute Gasteiger partial charge is 0.373 e. The molecule has 2 heterocycles. The van der Waals surface area contributed by atoms with Crippen LogP contribution in [0.15, 0.2) is 0 Å². The maximum absolute atomic E-state index is 8.95. The number of nitrogens with one attached hydrogen (secondary N) is 1. The number of morpholine rings is 1. The van der Waals surface area contributed by atoms with E-state index in [0.717, 1.165) is 13.2 Å². The average Bonchev–Trinajstić information content (AvgIpc) is 2.90. The van der Waals surface area contributed by atoms with Crippen molar-refractivity contribution in [3.8, 4) is 6.07 Å². The monoisotopic (exact) mass is 168 g/mol. The molecule has 2 atom stereocenters. The van der Waals surface area contributed by atoms with Crippen LogP contribution in [0.25, 0.3) is 0 Å². The highest BCUT2D eigenvalue weighted by molar-refractivity contribution is 5.07. The predicted molar refractivity (Wildman–Crippen MR) is 41.5 cm³/mol. The van der Waals surface area contributed by atoms with Crippen LogP contribution in [0.5, 0.6) is 0 Å². The minimum Gasteiger partial charge on any atom is -0.373 e. The number of nitrogens with zero attached hydrogens (tertiary/aromatic N) is 1. The lowest BCUT2D eigenvalue weighted by atomic mass is 9.98. The molecule has 2 aliphatic rings. The van der Waals surface area contributed by atoms with Gasteiger partial charge in [0.1, 0.15) is 0 Å². The Morgan fingerprint density at radius 1 is 1.67 bits per heavy atom. The average molecular weight is 168 g/mol. The Morgan fingerprint density at radius 2 is 2.50 bits per heavy atom. The van der Waals surface area contributed by atoms with Gasteiger partial charge in [-0.05, 0) is 0 Å². The summed E-state index contributed by atoms with van der Waals surface area (Å²) in [6.45, 7) is 2.88. The molecule has 2 fully saturated rings. The van der Waals surface area contributed by atoms with Crippen LogP contribution in [-0.4, -0.2) is 38.0 Å². The molecular formula is C8H12N2O2. The Bertz CT molecular complexity index is 202. The first-order valence-corrected chi connectivity index (χ1v) is 4.22. The standard InChI is InChI=1S/C8H12N2O2/c9-5-8(3-7-4-11-7)6-10-1-2-12-8/h7,10H,1-4,6H2. The van der Waals surface area contributed by atoms with Gasteiger partial charge in [-0.15, -0.1) is 0 Å². The van der Waals surface area contributed by atoms with Gasteiger partial charge in [0, 0.05) is 19.5 Å². The van der Waals surface area contributed by atoms with E-state index >= 15 is 0 Å². The Balaban J connectivity index is 1.96. The summed E-state index contributed by atoms with van der Waals surface area (Å²) in [5, 5.41) is 12.1. The number of hydrogen-bond acceptors (Lipinski definition) is 4. The molecule has 2 rings (SSSR count). The maximum atomic E-state index is 8.95. The second-order valence-electron chi connectivity index (χ2n) is 3.29. The van der Waals surface area contributed by atoms with Crippen molar-refractivity contribution in [2.45, 2.75) is 18.1 Å². The Hall–Kier alpha value is -0.630. The maximum Gasteiger partial charge on any atom is 0.169 e. The fourth-order valence-corrected chi connectivity index (χ4v) is 1.46. The normalized spacial score (nSPS) is 40.4. The van der Waals surface area contributed by atoms with Crippen molar-refractivity contribution < 1.29 is 9.47 Å². The molecule has 2 unspecified atom stereocenters. The molecule has 0 aromatic rings. The molecule has 12 heavy (non-hydrogen) atoms. The molecule has 0 aliphatic carbocycles. The summed E-state index contributed by atoms with van der Waals surface area (Å²) in [5.41, 5.74) is -0.626. The predicted octanol–water partition coefficient (Wildman–Crippen LogP) is -0.343. The minimum absolute atomic E-state index is 0.254. The summed E-state index contributed by atoms with van der Waals surface area (Å²) >= 11 is 0. The summed E-state index contributed by atoms with van der Waals surface area (Å²) < 4.78 is 10.5. The molecule has 0 saturated carbocycles. The van der Waals surface area contributed by atoms with E-state index in [2.05, 4.69) is 11.4 Å². The van der Waals surface area contributed by atoms with Gasteiger partial charge in [-0.2, -0.15) is 5.26 Å². The third-order valence-corrected chi connectivity index (χ3v) is 2.23. The van der Waals surface area contributed by atoms with Crippen LogP contribution in [-0.2, 0) is 9.47 Å². The number of rotatable bonds is 2. The topological polar surface area (TPSA) is 57.6 Å². The van der Waals surface area contributed by atoms with Crippen molar-refractivity contribution >= 4 is 0 Å². The van der Waals surface area contributed by atoms with E-state index in [0.29, 0.717) is 19.6 Å². The van der Waals surface area contributed by atoms with Gasteiger partial charge in [0.25, 0.3) is 0 Å². The summed E-state index contributed by atoms with van der Waals surface area (Å²) in [5.74, 6) is 0. The molecular weight excluding hydrogens is 156 g/mol. The van der Waals surface area contributed by atoms with Crippen LogP contribution in [0.2, 0.25) is 0 Å². The minimum atomic E-state index is -0.626. The van der Waals surface area contributed by atoms with Crippen LogP contribution in [0, 0.1) is 11.3 Å². The molecule has 0 bridgehead atoms. The van der Waals surface area contributed by atoms with E-state index in [9.17, 15) is 0 Å². The third kappa shape index (κ3) is 1.58. The zero-order valence-electron chi connectivity index (χ0n) is 6.88. The van der Waals surface area contributed by atoms with Crippen LogP contribution in [0.4, 0.5) is 0 Å². The van der Waals surface area contributed by atoms with Gasteiger partial charge >= 0.3 is 0 Å². The van der Waals surface area contributed by atoms with Crippen molar-refractivity contribution in [3.63, 3.8) is 0 Å². The van der Waals surface area contributed by atoms with Gasteiger partial charge in [0.2, 0.25) is 0 Å². The Kier molecular flexibility index (Phi) is 2.01. The van der Waals surface area contributed by atoms with Crippen LogP contribution in [0.1, 0.15) is 6.42 Å². The van der Waals surface area contributed by atoms with Crippen molar-refractivity contribution in [1.82, 2.24) is 5.32 Å². The molecule has 2 saturated heterocycles. The highest BCUT2D eigenvalue weighted by Gasteiger charge is 2.40. The molecule has 66 valence electrons. The first-order valence-electron chi connectivity index (χ1n) is 4.22. The van der Waals surface area contributed by atoms with Crippen LogP contribution < -0.4 is 5.32 Å². The van der Waals surface area contributed by atoms with Gasteiger partial charge in [-0.3, -0.25) is 0 Å². The molecule has 0 aromatic heterocycles. The number of nitriles is 1. The van der Waals surface area contributed by atoms with E-state index < -0.39 is 5.60 Å². The second-order valence-corrected chi connectivity index (χ2v) is 3.29. The first-order chi connectivity index (χ1) is 5.85. The molecule has 1 N–H and O–H groups in total. The van der Waals surface area contributed by atoms with E-state index in [1.165, 1.54) is 0 Å². The van der Waals surface area contributed by atoms with Crippen molar-refractivity contribution in [2.75, 3.05) is 26.3 Å². The highest BCUT2D eigenvalue weighted by atomic mass is 16.6. The number of epoxide rings is 1. The smallest absolute Gasteiger partial charge is 0.169 e. The summed E-state index contributed by atoms with van der Waals surface area (Å²) in [7, 11) is 0. The molecule has 2 aliphatic heterocycles. The second kappa shape index (κ2) is 3.02. The van der Waals surface area contributed by atoms with Crippen molar-refractivity contribution in [1.29, 1.82) is 5.26 Å². The van der Waals surface area contributed by atoms with Crippen LogP contribution in [0.3, 0.4) is 0 Å². The molecule has 0 amide bonds. The van der Waals surface area contributed by atoms with E-state index in [1.54, 1.807) is 0 Å². The number of ether oxygens (including phenoxy) is 2. The van der Waals surface area contributed by atoms with Crippen LogP contribution >= 0.6 is 0 Å². The lowest BCUT2D eigenvalue weighted by Gasteiger charge is -2.30. The fraction of sp³-hybridized carbons (Fsp3) is 0.875. The van der Waals surface area contributed by atoms with Gasteiger partial charge in [-0.1, -0.05) is 0 Å². The molecule has 0 aromatic carbocycles. The van der Waals surface area contributed by atoms with Gasteiger partial charge in [0.05, 0.1) is 25.4 Å². The van der Waals surface area contributed by atoms with E-state index in [-0.39, 0.29) is 6.10 Å². The summed E-state index contributed by atoms with van der Waals surface area (Å²) in [6, 6.07) is 2.22. The van der Waals surface area contributed by atoms with Gasteiger partial charge < -0.3 is 14.8 Å². The van der Waals surface area contributed by atoms with Gasteiger partial charge in [0.15, 0.2) is 5.60 Å². The van der Waals surface area contributed by atoms with Crippen molar-refractivity contribution in [2.24, 2.45) is 0 Å². The lowest BCUT2D eigenvalue weighted by molar-refractivity contribution is -0.0339. The number of hydrogen-bond donors (Lipinski definition) is 1. The molecule has 4 heteroatoms. The quantitative estimate of drug-likeness (QED) is 0.573. The summed E-state index contributed by atoms with van der Waals surface area (Å²) in [4.78, 5) is 0. The molecule has 0 spiro atoms. The van der Waals surface area contributed by atoms with E-state index in [4.69, 9.17) is 14.7 Å². The first kappa shape index (κ1) is 7.99. The lowest BCUT2D eigenvalue weighted by Crippen LogP contribution is -2.49. The Labute approximate surface area is 71.5 Å². The zero-order chi connectivity index (χ0) is 8.44. The Morgan fingerprint density at radius 3 is 3.00 bits per heavy atom. The molecule has 0 radical (unpaired) electrons. The van der Waals surface area contributed by atoms with Crippen molar-refractivity contribution in [3.05, 3.63) is 0 Å². The summed E-state index contributed by atoms with van der Waals surface area (Å²) in [6.07, 6.45) is 0.959. The fourth-order valence-electron chi connectivity index (χ4n) is 1.46. The SMILES string of the molecule is N#CC1(CC2CO2)CNCCO1. The molecule has 4 nitrogen and oxygen atoms in total.